The van der Waals surface area contributed by atoms with Crippen LogP contribution in [0.1, 0.15) is 11.5 Å². The summed E-state index contributed by atoms with van der Waals surface area (Å²) in [5, 5.41) is 3.67. The molecule has 3 heterocycles. The number of rotatable bonds is 4. The standard InChI is InChI=1S/C18H16N4O3/c1-12-9-16(23)20-18-14-6-2-3-7-15(14)21(22(12)18)11-17(24)19-10-13-5-4-8-25-13/h2-9H,10-11H2,1H3,(H,19,24). The Balaban J connectivity index is 1.75. The fourth-order valence-corrected chi connectivity index (χ4v) is 3.01. The Labute approximate surface area is 142 Å². The number of carbonyl (C=O) groups excluding carboxylic acids is 1. The lowest BCUT2D eigenvalue weighted by Crippen LogP contribution is -2.29. The third-order valence-corrected chi connectivity index (χ3v) is 4.08. The first kappa shape index (κ1) is 15.2. The maximum Gasteiger partial charge on any atom is 0.273 e. The Hall–Kier alpha value is -3.35. The number of fused-ring (bicyclic) bond motifs is 3. The minimum absolute atomic E-state index is 0.107. The summed E-state index contributed by atoms with van der Waals surface area (Å²) in [5.74, 6) is 0.536. The first-order valence-electron chi connectivity index (χ1n) is 7.90. The van der Waals surface area contributed by atoms with Gasteiger partial charge in [0.05, 0.1) is 18.3 Å². The number of hydrogen-bond donors (Lipinski definition) is 1. The van der Waals surface area contributed by atoms with Crippen molar-refractivity contribution >= 4 is 22.5 Å². The molecule has 0 radical (unpaired) electrons. The molecule has 0 aliphatic rings. The van der Waals surface area contributed by atoms with E-state index in [0.29, 0.717) is 18.0 Å². The van der Waals surface area contributed by atoms with Crippen molar-refractivity contribution in [2.24, 2.45) is 0 Å². The number of amides is 1. The van der Waals surface area contributed by atoms with E-state index in [-0.39, 0.29) is 18.0 Å². The van der Waals surface area contributed by atoms with Gasteiger partial charge in [0.1, 0.15) is 12.3 Å². The molecular formula is C18H16N4O3. The van der Waals surface area contributed by atoms with Crippen LogP contribution < -0.4 is 10.9 Å². The summed E-state index contributed by atoms with van der Waals surface area (Å²) in [7, 11) is 0. The lowest BCUT2D eigenvalue weighted by Gasteiger charge is -2.10. The molecule has 1 N–H and O–H groups in total. The van der Waals surface area contributed by atoms with Gasteiger partial charge in [-0.1, -0.05) is 12.1 Å². The predicted molar refractivity (Wildman–Crippen MR) is 92.2 cm³/mol. The summed E-state index contributed by atoms with van der Waals surface area (Å²) in [6, 6.07) is 12.6. The van der Waals surface area contributed by atoms with E-state index in [1.165, 1.54) is 6.07 Å². The molecular weight excluding hydrogens is 320 g/mol. The molecule has 1 amide bonds. The average Bonchev–Trinajstić information content (AvgIpc) is 3.21. The molecule has 0 bridgehead atoms. The van der Waals surface area contributed by atoms with E-state index in [1.54, 1.807) is 22.9 Å². The number of furan rings is 1. The molecule has 126 valence electrons. The van der Waals surface area contributed by atoms with E-state index in [4.69, 9.17) is 4.42 Å². The Kier molecular flexibility index (Phi) is 3.61. The molecule has 0 unspecified atom stereocenters. The first-order valence-corrected chi connectivity index (χ1v) is 7.90. The van der Waals surface area contributed by atoms with Gasteiger partial charge in [-0.25, -0.2) is 4.52 Å². The highest BCUT2D eigenvalue weighted by Crippen LogP contribution is 2.21. The fraction of sp³-hybridized carbons (Fsp3) is 0.167. The maximum atomic E-state index is 12.4. The highest BCUT2D eigenvalue weighted by molar-refractivity contribution is 5.93. The maximum absolute atomic E-state index is 12.4. The molecule has 4 rings (SSSR count). The second-order valence-corrected chi connectivity index (χ2v) is 5.80. The minimum atomic E-state index is -0.289. The molecule has 0 spiro atoms. The Morgan fingerprint density at radius 3 is 2.88 bits per heavy atom. The summed E-state index contributed by atoms with van der Waals surface area (Å²) in [6.07, 6.45) is 1.57. The average molecular weight is 336 g/mol. The highest BCUT2D eigenvalue weighted by atomic mass is 16.3. The molecule has 4 aromatic rings. The van der Waals surface area contributed by atoms with Crippen LogP contribution in [0.4, 0.5) is 0 Å². The van der Waals surface area contributed by atoms with Gasteiger partial charge in [-0.3, -0.25) is 14.3 Å². The molecule has 0 fully saturated rings. The molecule has 0 aliphatic carbocycles. The summed E-state index contributed by atoms with van der Waals surface area (Å²) in [6.45, 7) is 2.26. The normalized spacial score (nSPS) is 11.2. The Bertz CT molecular complexity index is 1120. The summed E-state index contributed by atoms with van der Waals surface area (Å²) < 4.78 is 8.85. The fourth-order valence-electron chi connectivity index (χ4n) is 3.01. The molecule has 0 atom stereocenters. The number of benzene rings is 1. The van der Waals surface area contributed by atoms with Crippen molar-refractivity contribution in [1.82, 2.24) is 19.5 Å². The third-order valence-electron chi connectivity index (χ3n) is 4.08. The topological polar surface area (TPSA) is 81.5 Å². The van der Waals surface area contributed by atoms with Crippen LogP contribution in [0.25, 0.3) is 16.6 Å². The highest BCUT2D eigenvalue weighted by Gasteiger charge is 2.15. The molecule has 25 heavy (non-hydrogen) atoms. The van der Waals surface area contributed by atoms with E-state index in [2.05, 4.69) is 10.3 Å². The number of aromatic nitrogens is 3. The molecule has 0 saturated carbocycles. The van der Waals surface area contributed by atoms with E-state index in [9.17, 15) is 9.59 Å². The zero-order chi connectivity index (χ0) is 17.4. The number of carbonyl (C=O) groups is 1. The molecule has 3 aromatic heterocycles. The summed E-state index contributed by atoms with van der Waals surface area (Å²) in [5.41, 5.74) is 1.84. The second-order valence-electron chi connectivity index (χ2n) is 5.80. The molecule has 0 saturated heterocycles. The largest absolute Gasteiger partial charge is 0.467 e. The van der Waals surface area contributed by atoms with Gasteiger partial charge >= 0.3 is 0 Å². The van der Waals surface area contributed by atoms with Crippen LogP contribution in [0.15, 0.2) is 57.9 Å². The van der Waals surface area contributed by atoms with Gasteiger partial charge in [0.2, 0.25) is 5.91 Å². The SMILES string of the molecule is Cc1cc(=O)nc2c3ccccc3n(CC(=O)NCc3ccco3)n12. The van der Waals surface area contributed by atoms with Gasteiger partial charge in [-0.05, 0) is 31.2 Å². The van der Waals surface area contributed by atoms with Crippen LogP contribution in [-0.4, -0.2) is 20.1 Å². The summed E-state index contributed by atoms with van der Waals surface area (Å²) in [4.78, 5) is 28.3. The van der Waals surface area contributed by atoms with Crippen LogP contribution in [0, 0.1) is 6.92 Å². The van der Waals surface area contributed by atoms with Crippen molar-refractivity contribution in [2.45, 2.75) is 20.0 Å². The van der Waals surface area contributed by atoms with Crippen molar-refractivity contribution in [1.29, 1.82) is 0 Å². The van der Waals surface area contributed by atoms with Crippen molar-refractivity contribution < 1.29 is 9.21 Å². The van der Waals surface area contributed by atoms with Gasteiger partial charge in [0, 0.05) is 17.1 Å². The lowest BCUT2D eigenvalue weighted by atomic mass is 10.2. The smallest absolute Gasteiger partial charge is 0.273 e. The number of hydrogen-bond acceptors (Lipinski definition) is 4. The molecule has 7 heteroatoms. The molecule has 1 aromatic carbocycles. The number of nitrogens with zero attached hydrogens (tertiary/aromatic N) is 3. The third kappa shape index (κ3) is 2.69. The van der Waals surface area contributed by atoms with Crippen molar-refractivity contribution in [3.63, 3.8) is 0 Å². The quantitative estimate of drug-likeness (QED) is 0.617. The van der Waals surface area contributed by atoms with Crippen LogP contribution in [0.2, 0.25) is 0 Å². The van der Waals surface area contributed by atoms with Crippen molar-refractivity contribution in [3.8, 4) is 0 Å². The van der Waals surface area contributed by atoms with Crippen LogP contribution >= 0.6 is 0 Å². The zero-order valence-corrected chi connectivity index (χ0v) is 13.6. The van der Waals surface area contributed by atoms with E-state index >= 15 is 0 Å². The molecule has 0 aliphatic heterocycles. The Morgan fingerprint density at radius 1 is 1.24 bits per heavy atom. The first-order chi connectivity index (χ1) is 12.1. The Morgan fingerprint density at radius 2 is 2.08 bits per heavy atom. The van der Waals surface area contributed by atoms with E-state index in [1.807, 2.05) is 35.9 Å². The van der Waals surface area contributed by atoms with Gasteiger partial charge in [-0.2, -0.15) is 4.98 Å². The zero-order valence-electron chi connectivity index (χ0n) is 13.6. The van der Waals surface area contributed by atoms with Gasteiger partial charge in [0.25, 0.3) is 5.56 Å². The lowest BCUT2D eigenvalue weighted by molar-refractivity contribution is -0.122. The minimum Gasteiger partial charge on any atom is -0.467 e. The van der Waals surface area contributed by atoms with Crippen molar-refractivity contribution in [3.05, 3.63) is 70.5 Å². The van der Waals surface area contributed by atoms with Gasteiger partial charge in [0.15, 0.2) is 5.65 Å². The second kappa shape index (κ2) is 5.94. The van der Waals surface area contributed by atoms with Gasteiger partial charge in [-0.15, -0.1) is 0 Å². The van der Waals surface area contributed by atoms with Gasteiger partial charge < -0.3 is 9.73 Å². The van der Waals surface area contributed by atoms with Crippen molar-refractivity contribution in [2.75, 3.05) is 0 Å². The monoisotopic (exact) mass is 336 g/mol. The number of nitrogens with one attached hydrogen (secondary N) is 1. The van der Waals surface area contributed by atoms with Crippen LogP contribution in [0.5, 0.6) is 0 Å². The van der Waals surface area contributed by atoms with E-state index in [0.717, 1.165) is 16.6 Å². The van der Waals surface area contributed by atoms with Crippen LogP contribution in [0.3, 0.4) is 0 Å². The molecule has 7 nitrogen and oxygen atoms in total. The van der Waals surface area contributed by atoms with E-state index < -0.39 is 0 Å². The number of aryl methyl sites for hydroxylation is 1. The number of para-hydroxylation sites is 1. The summed E-state index contributed by atoms with van der Waals surface area (Å²) >= 11 is 0. The van der Waals surface area contributed by atoms with Crippen LogP contribution in [-0.2, 0) is 17.9 Å². The predicted octanol–water partition coefficient (Wildman–Crippen LogP) is 1.87.